The lowest BCUT2D eigenvalue weighted by molar-refractivity contribution is -0.127. The Hall–Kier alpha value is -0.670. The maximum atomic E-state index is 10.4. The summed E-state index contributed by atoms with van der Waals surface area (Å²) in [7, 11) is 0. The summed E-state index contributed by atoms with van der Waals surface area (Å²) in [6.45, 7) is 4.48. The molecule has 0 amide bonds. The predicted molar refractivity (Wildman–Crippen MR) is 32.9 cm³/mol. The molecule has 0 aliphatic heterocycles. The second-order valence-corrected chi connectivity index (χ2v) is 1.79. The molecule has 3 nitrogen and oxygen atoms in total. The standard InChI is InChI=1S/C6H10O3/c1-3-5(8)6(9)4(2)7/h3-4,6-7,9H,1H2,2H3. The summed E-state index contributed by atoms with van der Waals surface area (Å²) in [4.78, 5) is 10.4. The molecule has 2 N–H and O–H groups in total. The average molecular weight is 130 g/mol. The van der Waals surface area contributed by atoms with Crippen LogP contribution in [0.3, 0.4) is 0 Å². The van der Waals surface area contributed by atoms with Gasteiger partial charge in [0.05, 0.1) is 6.10 Å². The maximum Gasteiger partial charge on any atom is 0.186 e. The SMILES string of the molecule is C=CC(=O)C(O)C(C)O. The summed E-state index contributed by atoms with van der Waals surface area (Å²) < 4.78 is 0. The largest absolute Gasteiger partial charge is 0.390 e. The number of carbonyl (C=O) groups is 1. The summed E-state index contributed by atoms with van der Waals surface area (Å²) in [6, 6.07) is 0. The third-order valence-corrected chi connectivity index (χ3v) is 0.950. The van der Waals surface area contributed by atoms with E-state index in [0.717, 1.165) is 6.08 Å². The summed E-state index contributed by atoms with van der Waals surface area (Å²) in [5, 5.41) is 17.3. The van der Waals surface area contributed by atoms with Crippen molar-refractivity contribution < 1.29 is 15.0 Å². The first-order valence-corrected chi connectivity index (χ1v) is 2.62. The first-order chi connectivity index (χ1) is 4.09. The van der Waals surface area contributed by atoms with Crippen molar-refractivity contribution in [2.45, 2.75) is 19.1 Å². The molecule has 0 spiro atoms. The Morgan fingerprint density at radius 2 is 2.11 bits per heavy atom. The predicted octanol–water partition coefficient (Wildman–Crippen LogP) is -0.517. The molecule has 0 rings (SSSR count). The van der Waals surface area contributed by atoms with Gasteiger partial charge in [0.15, 0.2) is 5.78 Å². The van der Waals surface area contributed by atoms with Gasteiger partial charge in [0, 0.05) is 0 Å². The van der Waals surface area contributed by atoms with Crippen molar-refractivity contribution in [1.82, 2.24) is 0 Å². The van der Waals surface area contributed by atoms with Crippen molar-refractivity contribution in [1.29, 1.82) is 0 Å². The topological polar surface area (TPSA) is 57.5 Å². The Kier molecular flexibility index (Phi) is 3.12. The quantitative estimate of drug-likeness (QED) is 0.505. The Bertz CT molecular complexity index is 117. The molecule has 9 heavy (non-hydrogen) atoms. The maximum absolute atomic E-state index is 10.4. The Balaban J connectivity index is 3.87. The molecule has 0 bridgehead atoms. The zero-order chi connectivity index (χ0) is 7.44. The third-order valence-electron chi connectivity index (χ3n) is 0.950. The second-order valence-electron chi connectivity index (χ2n) is 1.79. The van der Waals surface area contributed by atoms with Gasteiger partial charge in [-0.15, -0.1) is 0 Å². The highest BCUT2D eigenvalue weighted by Gasteiger charge is 2.16. The van der Waals surface area contributed by atoms with Crippen molar-refractivity contribution >= 4 is 5.78 Å². The molecule has 0 saturated heterocycles. The minimum absolute atomic E-state index is 0.551. The van der Waals surface area contributed by atoms with Crippen molar-refractivity contribution in [3.63, 3.8) is 0 Å². The summed E-state index contributed by atoms with van der Waals surface area (Å²) in [5.74, 6) is -0.551. The molecule has 0 heterocycles. The van der Waals surface area contributed by atoms with E-state index < -0.39 is 18.0 Å². The molecular weight excluding hydrogens is 120 g/mol. The Labute approximate surface area is 53.6 Å². The van der Waals surface area contributed by atoms with Crippen LogP contribution in [0.15, 0.2) is 12.7 Å². The normalized spacial score (nSPS) is 16.3. The molecule has 2 atom stereocenters. The number of aliphatic hydroxyl groups is 2. The van der Waals surface area contributed by atoms with E-state index in [1.54, 1.807) is 0 Å². The van der Waals surface area contributed by atoms with Crippen LogP contribution in [0.2, 0.25) is 0 Å². The number of rotatable bonds is 3. The highest BCUT2D eigenvalue weighted by molar-refractivity contribution is 5.93. The van der Waals surface area contributed by atoms with E-state index in [1.165, 1.54) is 6.92 Å². The summed E-state index contributed by atoms with van der Waals surface area (Å²) >= 11 is 0. The smallest absolute Gasteiger partial charge is 0.186 e. The highest BCUT2D eigenvalue weighted by Crippen LogP contribution is 1.93. The van der Waals surface area contributed by atoms with Crippen molar-refractivity contribution in [2.24, 2.45) is 0 Å². The first kappa shape index (κ1) is 8.33. The van der Waals surface area contributed by atoms with Gasteiger partial charge in [-0.3, -0.25) is 4.79 Å². The van der Waals surface area contributed by atoms with Crippen LogP contribution in [-0.2, 0) is 4.79 Å². The van der Waals surface area contributed by atoms with E-state index >= 15 is 0 Å². The molecule has 3 heteroatoms. The lowest BCUT2D eigenvalue weighted by Gasteiger charge is -2.08. The monoisotopic (exact) mass is 130 g/mol. The summed E-state index contributed by atoms with van der Waals surface area (Å²) in [6.07, 6.45) is -1.35. The molecule has 0 aromatic heterocycles. The zero-order valence-electron chi connectivity index (χ0n) is 5.24. The minimum Gasteiger partial charge on any atom is -0.390 e. The highest BCUT2D eigenvalue weighted by atomic mass is 16.3. The number of hydrogen-bond acceptors (Lipinski definition) is 3. The van der Waals surface area contributed by atoms with Crippen LogP contribution >= 0.6 is 0 Å². The Morgan fingerprint density at radius 3 is 2.22 bits per heavy atom. The van der Waals surface area contributed by atoms with Gasteiger partial charge in [0.1, 0.15) is 6.10 Å². The van der Waals surface area contributed by atoms with Crippen LogP contribution in [0.4, 0.5) is 0 Å². The van der Waals surface area contributed by atoms with Crippen molar-refractivity contribution in [2.75, 3.05) is 0 Å². The fourth-order valence-electron chi connectivity index (χ4n) is 0.358. The van der Waals surface area contributed by atoms with Gasteiger partial charge in [-0.2, -0.15) is 0 Å². The second kappa shape index (κ2) is 3.37. The molecule has 0 aromatic rings. The number of carbonyl (C=O) groups excluding carboxylic acids is 1. The molecule has 0 radical (unpaired) electrons. The van der Waals surface area contributed by atoms with Crippen LogP contribution in [0, 0.1) is 0 Å². The van der Waals surface area contributed by atoms with Crippen LogP contribution < -0.4 is 0 Å². The fourth-order valence-corrected chi connectivity index (χ4v) is 0.358. The zero-order valence-corrected chi connectivity index (χ0v) is 5.24. The molecule has 0 aliphatic rings. The molecule has 52 valence electrons. The van der Waals surface area contributed by atoms with Crippen molar-refractivity contribution in [3.05, 3.63) is 12.7 Å². The summed E-state index contributed by atoms with van der Waals surface area (Å²) in [5.41, 5.74) is 0. The van der Waals surface area contributed by atoms with Gasteiger partial charge in [-0.25, -0.2) is 0 Å². The van der Waals surface area contributed by atoms with Crippen LogP contribution in [0.1, 0.15) is 6.92 Å². The van der Waals surface area contributed by atoms with E-state index in [9.17, 15) is 4.79 Å². The minimum atomic E-state index is -1.32. The number of aliphatic hydroxyl groups excluding tert-OH is 2. The molecule has 2 unspecified atom stereocenters. The lowest BCUT2D eigenvalue weighted by Crippen LogP contribution is -2.29. The molecule has 0 aliphatic carbocycles. The number of ketones is 1. The first-order valence-electron chi connectivity index (χ1n) is 2.62. The fraction of sp³-hybridized carbons (Fsp3) is 0.500. The number of hydrogen-bond donors (Lipinski definition) is 2. The molecule has 0 saturated carbocycles. The van der Waals surface area contributed by atoms with Crippen LogP contribution in [-0.4, -0.2) is 28.2 Å². The van der Waals surface area contributed by atoms with Gasteiger partial charge in [0.25, 0.3) is 0 Å². The van der Waals surface area contributed by atoms with Gasteiger partial charge in [0.2, 0.25) is 0 Å². The van der Waals surface area contributed by atoms with Crippen LogP contribution in [0.25, 0.3) is 0 Å². The molecular formula is C6H10O3. The van der Waals surface area contributed by atoms with E-state index in [1.807, 2.05) is 0 Å². The average Bonchev–Trinajstić information content (AvgIpc) is 1.84. The van der Waals surface area contributed by atoms with E-state index in [-0.39, 0.29) is 0 Å². The lowest BCUT2D eigenvalue weighted by atomic mass is 10.1. The van der Waals surface area contributed by atoms with Crippen LogP contribution in [0.5, 0.6) is 0 Å². The van der Waals surface area contributed by atoms with Gasteiger partial charge < -0.3 is 10.2 Å². The van der Waals surface area contributed by atoms with Crippen molar-refractivity contribution in [3.8, 4) is 0 Å². The van der Waals surface area contributed by atoms with E-state index in [2.05, 4.69) is 6.58 Å². The van der Waals surface area contributed by atoms with Gasteiger partial charge in [-0.1, -0.05) is 6.58 Å². The van der Waals surface area contributed by atoms with E-state index in [0.29, 0.717) is 0 Å². The van der Waals surface area contributed by atoms with E-state index in [4.69, 9.17) is 10.2 Å². The Morgan fingerprint density at radius 1 is 1.67 bits per heavy atom. The molecule has 0 fully saturated rings. The third kappa shape index (κ3) is 2.39. The van der Waals surface area contributed by atoms with Gasteiger partial charge >= 0.3 is 0 Å². The molecule has 0 aromatic carbocycles. The van der Waals surface area contributed by atoms with Gasteiger partial charge in [-0.05, 0) is 13.0 Å².